The predicted molar refractivity (Wildman–Crippen MR) is 56.4 cm³/mol. The van der Waals surface area contributed by atoms with Crippen LogP contribution >= 0.6 is 0 Å². The Balaban J connectivity index is 1.62. The summed E-state index contributed by atoms with van der Waals surface area (Å²) in [5, 5.41) is 9.33. The molecule has 1 aliphatic carbocycles. The van der Waals surface area contributed by atoms with E-state index in [9.17, 15) is 5.11 Å². The quantitative estimate of drug-likeness (QED) is 0.812. The maximum absolute atomic E-state index is 9.33. The highest BCUT2D eigenvalue weighted by molar-refractivity contribution is 4.74. The Labute approximate surface area is 89.9 Å². The molecule has 0 aliphatic heterocycles. The summed E-state index contributed by atoms with van der Waals surface area (Å²) >= 11 is 0. The first-order valence-electron chi connectivity index (χ1n) is 5.60. The van der Waals surface area contributed by atoms with Gasteiger partial charge < -0.3 is 14.4 Å². The molecule has 2 rings (SSSR count). The fourth-order valence-corrected chi connectivity index (χ4v) is 1.96. The molecule has 1 saturated carbocycles. The van der Waals surface area contributed by atoms with E-state index < -0.39 is 0 Å². The minimum atomic E-state index is -0.0986. The summed E-state index contributed by atoms with van der Waals surface area (Å²) in [6.07, 6.45) is 9.51. The number of imidazole rings is 1. The second-order valence-electron chi connectivity index (χ2n) is 4.10. The molecule has 0 bridgehead atoms. The maximum Gasteiger partial charge on any atom is 0.0946 e. The van der Waals surface area contributed by atoms with Gasteiger partial charge in [0.2, 0.25) is 0 Å². The molecule has 0 radical (unpaired) electrons. The van der Waals surface area contributed by atoms with Gasteiger partial charge in [0, 0.05) is 18.9 Å². The summed E-state index contributed by atoms with van der Waals surface area (Å²) in [7, 11) is 0. The number of hydrogen-bond acceptors (Lipinski definition) is 3. The van der Waals surface area contributed by atoms with E-state index in [-0.39, 0.29) is 6.10 Å². The Morgan fingerprint density at radius 1 is 1.33 bits per heavy atom. The van der Waals surface area contributed by atoms with Crippen molar-refractivity contribution in [1.82, 2.24) is 9.55 Å². The lowest BCUT2D eigenvalue weighted by Crippen LogP contribution is -2.25. The third-order valence-corrected chi connectivity index (χ3v) is 2.91. The number of rotatable bonds is 4. The van der Waals surface area contributed by atoms with Crippen LogP contribution in [0.25, 0.3) is 0 Å². The van der Waals surface area contributed by atoms with Crippen molar-refractivity contribution in [3.8, 4) is 0 Å². The third kappa shape index (κ3) is 3.32. The van der Waals surface area contributed by atoms with Crippen molar-refractivity contribution in [2.45, 2.75) is 44.4 Å². The van der Waals surface area contributed by atoms with Crippen LogP contribution in [0.5, 0.6) is 0 Å². The topological polar surface area (TPSA) is 47.3 Å². The highest BCUT2D eigenvalue weighted by atomic mass is 16.5. The summed E-state index contributed by atoms with van der Waals surface area (Å²) in [4.78, 5) is 3.97. The molecule has 0 amide bonds. The van der Waals surface area contributed by atoms with E-state index >= 15 is 0 Å². The summed E-state index contributed by atoms with van der Waals surface area (Å²) in [6.45, 7) is 1.59. The average molecular weight is 210 g/mol. The number of aliphatic hydroxyl groups is 1. The Kier molecular flexibility index (Phi) is 3.75. The number of nitrogens with zero attached hydrogens (tertiary/aromatic N) is 2. The lowest BCUT2D eigenvalue weighted by Gasteiger charge is -2.25. The number of hydrogen-bond donors (Lipinski definition) is 1. The molecule has 1 N–H and O–H groups in total. The molecule has 1 aliphatic rings. The molecule has 15 heavy (non-hydrogen) atoms. The van der Waals surface area contributed by atoms with E-state index in [1.165, 1.54) is 0 Å². The van der Waals surface area contributed by atoms with Gasteiger partial charge in [0.1, 0.15) is 0 Å². The van der Waals surface area contributed by atoms with Crippen LogP contribution in [0.4, 0.5) is 0 Å². The van der Waals surface area contributed by atoms with Crippen molar-refractivity contribution in [1.29, 1.82) is 0 Å². The molecule has 1 aromatic heterocycles. The number of aliphatic hydroxyl groups excluding tert-OH is 1. The van der Waals surface area contributed by atoms with Gasteiger partial charge in [-0.2, -0.15) is 0 Å². The van der Waals surface area contributed by atoms with Gasteiger partial charge >= 0.3 is 0 Å². The molecule has 1 fully saturated rings. The van der Waals surface area contributed by atoms with E-state index in [1.54, 1.807) is 12.5 Å². The summed E-state index contributed by atoms with van der Waals surface area (Å²) in [6, 6.07) is 0. The van der Waals surface area contributed by atoms with Gasteiger partial charge in [-0.1, -0.05) is 0 Å². The van der Waals surface area contributed by atoms with E-state index in [4.69, 9.17) is 4.74 Å². The number of aromatic nitrogens is 2. The van der Waals surface area contributed by atoms with Crippen LogP contribution in [0.2, 0.25) is 0 Å². The van der Waals surface area contributed by atoms with Crippen molar-refractivity contribution in [2.75, 3.05) is 6.61 Å². The fraction of sp³-hybridized carbons (Fsp3) is 0.727. The lowest BCUT2D eigenvalue weighted by atomic mass is 9.95. The largest absolute Gasteiger partial charge is 0.393 e. The smallest absolute Gasteiger partial charge is 0.0946 e. The van der Waals surface area contributed by atoms with Gasteiger partial charge in [0.05, 0.1) is 25.1 Å². The minimum absolute atomic E-state index is 0.0986. The van der Waals surface area contributed by atoms with E-state index in [0.717, 1.165) is 38.8 Å². The van der Waals surface area contributed by atoms with Crippen LogP contribution in [-0.4, -0.2) is 33.5 Å². The zero-order chi connectivity index (χ0) is 10.5. The number of ether oxygens (including phenoxy) is 1. The molecule has 4 heteroatoms. The first kappa shape index (κ1) is 10.6. The molecule has 1 aromatic rings. The van der Waals surface area contributed by atoms with Gasteiger partial charge in [0.15, 0.2) is 0 Å². The van der Waals surface area contributed by atoms with Crippen molar-refractivity contribution < 1.29 is 9.84 Å². The predicted octanol–water partition coefficient (Wildman–Crippen LogP) is 1.20. The average Bonchev–Trinajstić information content (AvgIpc) is 2.74. The molecule has 0 unspecified atom stereocenters. The molecule has 1 heterocycles. The molecule has 0 saturated heterocycles. The Morgan fingerprint density at radius 2 is 2.13 bits per heavy atom. The van der Waals surface area contributed by atoms with Gasteiger partial charge in [-0.3, -0.25) is 0 Å². The van der Waals surface area contributed by atoms with Crippen LogP contribution in [0.15, 0.2) is 18.7 Å². The second kappa shape index (κ2) is 5.28. The first-order chi connectivity index (χ1) is 7.34. The van der Waals surface area contributed by atoms with Crippen LogP contribution in [0, 0.1) is 0 Å². The molecule has 0 aromatic carbocycles. The van der Waals surface area contributed by atoms with Gasteiger partial charge in [0.25, 0.3) is 0 Å². The van der Waals surface area contributed by atoms with Crippen molar-refractivity contribution in [3.05, 3.63) is 18.7 Å². The van der Waals surface area contributed by atoms with Crippen molar-refractivity contribution >= 4 is 0 Å². The standard InChI is InChI=1S/C11H18N2O2/c14-10-1-3-11(4-2-10)15-8-7-13-6-5-12-9-13/h5-6,9-11,14H,1-4,7-8H2. The summed E-state index contributed by atoms with van der Waals surface area (Å²) in [5.74, 6) is 0. The molecule has 4 nitrogen and oxygen atoms in total. The van der Waals surface area contributed by atoms with E-state index in [0.29, 0.717) is 6.10 Å². The third-order valence-electron chi connectivity index (χ3n) is 2.91. The molecule has 0 atom stereocenters. The molecule has 0 spiro atoms. The monoisotopic (exact) mass is 210 g/mol. The highest BCUT2D eigenvalue weighted by Crippen LogP contribution is 2.20. The lowest BCUT2D eigenvalue weighted by molar-refractivity contribution is -0.00597. The minimum Gasteiger partial charge on any atom is -0.393 e. The Morgan fingerprint density at radius 3 is 2.80 bits per heavy atom. The van der Waals surface area contributed by atoms with Crippen LogP contribution in [0.1, 0.15) is 25.7 Å². The van der Waals surface area contributed by atoms with E-state index in [2.05, 4.69) is 4.98 Å². The highest BCUT2D eigenvalue weighted by Gasteiger charge is 2.19. The molecular formula is C11H18N2O2. The first-order valence-corrected chi connectivity index (χ1v) is 5.60. The van der Waals surface area contributed by atoms with Crippen LogP contribution in [-0.2, 0) is 11.3 Å². The second-order valence-corrected chi connectivity index (χ2v) is 4.10. The van der Waals surface area contributed by atoms with Crippen LogP contribution in [0.3, 0.4) is 0 Å². The summed E-state index contributed by atoms with van der Waals surface area (Å²) < 4.78 is 7.76. The molecule has 84 valence electrons. The SMILES string of the molecule is OC1CCC(OCCn2ccnc2)CC1. The zero-order valence-corrected chi connectivity index (χ0v) is 8.88. The van der Waals surface area contributed by atoms with Gasteiger partial charge in [-0.15, -0.1) is 0 Å². The normalized spacial score (nSPS) is 26.7. The Bertz CT molecular complexity index is 266. The maximum atomic E-state index is 9.33. The van der Waals surface area contributed by atoms with Crippen LogP contribution < -0.4 is 0 Å². The van der Waals surface area contributed by atoms with Crippen molar-refractivity contribution in [3.63, 3.8) is 0 Å². The molecular weight excluding hydrogens is 192 g/mol. The fourth-order valence-electron chi connectivity index (χ4n) is 1.96. The zero-order valence-electron chi connectivity index (χ0n) is 8.88. The Hall–Kier alpha value is -0.870. The summed E-state index contributed by atoms with van der Waals surface area (Å²) in [5.41, 5.74) is 0. The van der Waals surface area contributed by atoms with Gasteiger partial charge in [-0.25, -0.2) is 4.98 Å². The van der Waals surface area contributed by atoms with Gasteiger partial charge in [-0.05, 0) is 25.7 Å². The van der Waals surface area contributed by atoms with E-state index in [1.807, 2.05) is 10.8 Å². The van der Waals surface area contributed by atoms with Crippen molar-refractivity contribution in [2.24, 2.45) is 0 Å².